The molecule has 0 aromatic carbocycles. The lowest BCUT2D eigenvalue weighted by atomic mass is 10.1. The molecule has 0 unspecified atom stereocenters. The van der Waals surface area contributed by atoms with E-state index in [9.17, 15) is 5.26 Å². The maximum Gasteiger partial charge on any atom is 0.266 e. The Bertz CT molecular complexity index is 1010. The molecule has 1 aliphatic heterocycles. The normalized spacial score (nSPS) is 14.6. The molecule has 4 rings (SSSR count). The van der Waals surface area contributed by atoms with Crippen molar-refractivity contribution in [1.29, 1.82) is 5.26 Å². The van der Waals surface area contributed by atoms with Crippen molar-refractivity contribution in [2.75, 3.05) is 36.0 Å². The van der Waals surface area contributed by atoms with E-state index >= 15 is 0 Å². The molecule has 156 valence electrons. The van der Waals surface area contributed by atoms with Crippen LogP contribution in [0.4, 0.5) is 11.7 Å². The molecule has 0 atom stereocenters. The predicted molar refractivity (Wildman–Crippen MR) is 114 cm³/mol. The van der Waals surface area contributed by atoms with Gasteiger partial charge in [0.2, 0.25) is 11.6 Å². The molecule has 1 aliphatic rings. The first kappa shape index (κ1) is 20.0. The largest absolute Gasteiger partial charge is 0.459 e. The highest BCUT2D eigenvalue weighted by molar-refractivity contribution is 5.56. The van der Waals surface area contributed by atoms with Crippen LogP contribution in [0.15, 0.2) is 33.3 Å². The third kappa shape index (κ3) is 3.88. The minimum absolute atomic E-state index is 0.274. The van der Waals surface area contributed by atoms with Crippen molar-refractivity contribution >= 4 is 11.7 Å². The zero-order valence-corrected chi connectivity index (χ0v) is 17.8. The van der Waals surface area contributed by atoms with Gasteiger partial charge < -0.3 is 18.6 Å². The molecule has 0 aliphatic carbocycles. The molecule has 0 spiro atoms. The predicted octanol–water partition coefficient (Wildman–Crippen LogP) is 4.17. The van der Waals surface area contributed by atoms with E-state index in [4.69, 9.17) is 18.8 Å². The first-order chi connectivity index (χ1) is 14.5. The number of piperazine rings is 1. The lowest BCUT2D eigenvalue weighted by molar-refractivity contribution is 0.500. The molecule has 1 saturated heterocycles. The molecule has 4 heterocycles. The number of oxazole rings is 1. The summed E-state index contributed by atoms with van der Waals surface area (Å²) in [6.07, 6.45) is 1.56. The van der Waals surface area contributed by atoms with Crippen LogP contribution in [0.5, 0.6) is 0 Å². The van der Waals surface area contributed by atoms with Gasteiger partial charge in [-0.2, -0.15) is 10.2 Å². The van der Waals surface area contributed by atoms with Crippen LogP contribution in [0, 0.1) is 11.3 Å². The van der Waals surface area contributed by atoms with E-state index in [1.807, 2.05) is 0 Å². The van der Waals surface area contributed by atoms with E-state index in [2.05, 4.69) is 54.6 Å². The highest BCUT2D eigenvalue weighted by Crippen LogP contribution is 2.30. The Morgan fingerprint density at radius 1 is 1.00 bits per heavy atom. The molecule has 3 aromatic rings. The second kappa shape index (κ2) is 8.19. The van der Waals surface area contributed by atoms with Crippen LogP contribution < -0.4 is 9.80 Å². The van der Waals surface area contributed by atoms with Gasteiger partial charge in [-0.3, -0.25) is 0 Å². The minimum Gasteiger partial charge on any atom is -0.459 e. The lowest BCUT2D eigenvalue weighted by Crippen LogP contribution is -2.47. The first-order valence-corrected chi connectivity index (χ1v) is 10.3. The van der Waals surface area contributed by atoms with Gasteiger partial charge in [0, 0.05) is 43.9 Å². The number of aromatic nitrogens is 3. The number of furan rings is 1. The van der Waals surface area contributed by atoms with Crippen molar-refractivity contribution < 1.29 is 8.83 Å². The van der Waals surface area contributed by atoms with Crippen molar-refractivity contribution in [2.24, 2.45) is 0 Å². The number of hydrogen-bond donors (Lipinski definition) is 0. The highest BCUT2D eigenvalue weighted by atomic mass is 16.4. The number of nitrogens with zero attached hydrogens (tertiary/aromatic N) is 6. The number of nitriles is 1. The van der Waals surface area contributed by atoms with E-state index in [1.165, 1.54) is 0 Å². The van der Waals surface area contributed by atoms with E-state index in [-0.39, 0.29) is 11.6 Å². The fraction of sp³-hybridized carbons (Fsp3) is 0.455. The molecule has 0 N–H and O–H groups in total. The van der Waals surface area contributed by atoms with Crippen LogP contribution in [-0.2, 0) is 0 Å². The molecule has 8 heteroatoms. The monoisotopic (exact) mass is 406 g/mol. The molecule has 1 fully saturated rings. The van der Waals surface area contributed by atoms with Gasteiger partial charge in [0.15, 0.2) is 5.76 Å². The zero-order valence-electron chi connectivity index (χ0n) is 17.8. The van der Waals surface area contributed by atoms with Gasteiger partial charge in [0.25, 0.3) is 5.89 Å². The van der Waals surface area contributed by atoms with Crippen molar-refractivity contribution in [3.8, 4) is 17.7 Å². The van der Waals surface area contributed by atoms with Crippen LogP contribution in [0.2, 0.25) is 0 Å². The summed E-state index contributed by atoms with van der Waals surface area (Å²) in [5, 5.41) is 9.50. The van der Waals surface area contributed by atoms with E-state index < -0.39 is 0 Å². The average Bonchev–Trinajstić information content (AvgIpc) is 3.43. The third-order valence-electron chi connectivity index (χ3n) is 5.20. The number of hydrogen-bond acceptors (Lipinski definition) is 8. The third-order valence-corrected chi connectivity index (χ3v) is 5.20. The van der Waals surface area contributed by atoms with Crippen molar-refractivity contribution in [3.05, 3.63) is 41.7 Å². The first-order valence-electron chi connectivity index (χ1n) is 10.3. The SMILES string of the molecule is CC(C)c1cc(N2CCN(c3oc(-c4ccco4)nc3C#N)CC2)nc(C(C)C)n1. The molecule has 3 aromatic heterocycles. The summed E-state index contributed by atoms with van der Waals surface area (Å²) in [5.41, 5.74) is 1.34. The fourth-order valence-electron chi connectivity index (χ4n) is 3.43. The Morgan fingerprint density at radius 3 is 2.33 bits per heavy atom. The number of anilines is 2. The van der Waals surface area contributed by atoms with Gasteiger partial charge in [-0.1, -0.05) is 27.7 Å². The molecular weight excluding hydrogens is 380 g/mol. The maximum atomic E-state index is 9.50. The van der Waals surface area contributed by atoms with E-state index in [0.717, 1.165) is 30.4 Å². The van der Waals surface area contributed by atoms with Gasteiger partial charge in [-0.25, -0.2) is 9.97 Å². The Balaban J connectivity index is 1.53. The van der Waals surface area contributed by atoms with Gasteiger partial charge in [-0.05, 0) is 18.1 Å². The summed E-state index contributed by atoms with van der Waals surface area (Å²) in [6.45, 7) is 11.5. The standard InChI is InChI=1S/C22H26N6O2/c1-14(2)16-12-19(26-20(24-16)15(3)4)27-7-9-28(10-8-27)22-17(13-23)25-21(30-22)18-6-5-11-29-18/h5-6,11-12,14-15H,7-10H2,1-4H3. The molecule has 0 saturated carbocycles. The summed E-state index contributed by atoms with van der Waals surface area (Å²) in [5.74, 6) is 3.80. The quantitative estimate of drug-likeness (QED) is 0.623. The van der Waals surface area contributed by atoms with Gasteiger partial charge in [-0.15, -0.1) is 0 Å². The fourth-order valence-corrected chi connectivity index (χ4v) is 3.43. The van der Waals surface area contributed by atoms with Gasteiger partial charge in [0.05, 0.1) is 6.26 Å². The molecule has 0 amide bonds. The summed E-state index contributed by atoms with van der Waals surface area (Å²) in [4.78, 5) is 18.1. The zero-order chi connectivity index (χ0) is 21.3. The lowest BCUT2D eigenvalue weighted by Gasteiger charge is -2.35. The van der Waals surface area contributed by atoms with Gasteiger partial charge in [0.1, 0.15) is 17.7 Å². The van der Waals surface area contributed by atoms with E-state index in [0.29, 0.717) is 36.5 Å². The summed E-state index contributed by atoms with van der Waals surface area (Å²) in [6, 6.07) is 7.76. The van der Waals surface area contributed by atoms with Crippen molar-refractivity contribution in [1.82, 2.24) is 15.0 Å². The van der Waals surface area contributed by atoms with Crippen LogP contribution >= 0.6 is 0 Å². The van der Waals surface area contributed by atoms with Crippen LogP contribution in [0.25, 0.3) is 11.7 Å². The molecule has 0 bridgehead atoms. The molecule has 30 heavy (non-hydrogen) atoms. The Kier molecular flexibility index (Phi) is 5.44. The summed E-state index contributed by atoms with van der Waals surface area (Å²) in [7, 11) is 0. The molecule has 8 nitrogen and oxygen atoms in total. The highest BCUT2D eigenvalue weighted by Gasteiger charge is 2.26. The maximum absolute atomic E-state index is 9.50. The van der Waals surface area contributed by atoms with E-state index in [1.54, 1.807) is 18.4 Å². The van der Waals surface area contributed by atoms with Crippen LogP contribution in [0.1, 0.15) is 56.7 Å². The van der Waals surface area contributed by atoms with Crippen LogP contribution in [0.3, 0.4) is 0 Å². The molecule has 0 radical (unpaired) electrons. The van der Waals surface area contributed by atoms with Gasteiger partial charge >= 0.3 is 0 Å². The average molecular weight is 406 g/mol. The second-order valence-corrected chi connectivity index (χ2v) is 8.05. The topological polar surface area (TPSA) is 95.2 Å². The molecular formula is C22H26N6O2. The second-order valence-electron chi connectivity index (χ2n) is 8.05. The summed E-state index contributed by atoms with van der Waals surface area (Å²) >= 11 is 0. The van der Waals surface area contributed by atoms with Crippen molar-refractivity contribution in [3.63, 3.8) is 0 Å². The summed E-state index contributed by atoms with van der Waals surface area (Å²) < 4.78 is 11.2. The minimum atomic E-state index is 0.274. The Hall–Kier alpha value is -3.34. The smallest absolute Gasteiger partial charge is 0.266 e. The Morgan fingerprint density at radius 2 is 1.73 bits per heavy atom. The number of rotatable bonds is 5. The van der Waals surface area contributed by atoms with Crippen molar-refractivity contribution in [2.45, 2.75) is 39.5 Å². The Labute approximate surface area is 176 Å². The van der Waals surface area contributed by atoms with Crippen LogP contribution in [-0.4, -0.2) is 41.1 Å².